The molecule has 146 valence electrons. The van der Waals surface area contributed by atoms with Crippen LogP contribution in [0, 0.1) is 0 Å². The predicted molar refractivity (Wildman–Crippen MR) is 97.3 cm³/mol. The van der Waals surface area contributed by atoms with Crippen molar-refractivity contribution in [2.24, 2.45) is 0 Å². The van der Waals surface area contributed by atoms with Gasteiger partial charge in [0, 0.05) is 0 Å². The number of carbonyl (C=O) groups is 3. The minimum absolute atomic E-state index is 0.186. The summed E-state index contributed by atoms with van der Waals surface area (Å²) in [6.45, 7) is 3.03. The van der Waals surface area contributed by atoms with Gasteiger partial charge < -0.3 is 24.8 Å². The molecule has 1 aromatic carbocycles. The molecule has 2 amide bonds. The summed E-state index contributed by atoms with van der Waals surface area (Å²) in [5.41, 5.74) is 0.425. The first-order chi connectivity index (χ1) is 13.0. The number of hydrogen-bond donors (Lipinski definition) is 2. The zero-order valence-corrected chi connectivity index (χ0v) is 15.8. The van der Waals surface area contributed by atoms with E-state index in [1.54, 1.807) is 31.2 Å². The van der Waals surface area contributed by atoms with Crippen LogP contribution in [-0.4, -0.2) is 43.8 Å². The first-order valence-corrected chi connectivity index (χ1v) is 8.84. The molecule has 0 fully saturated rings. The molecule has 0 aliphatic carbocycles. The molecule has 0 bridgehead atoms. The first kappa shape index (κ1) is 20.6. The molecule has 0 spiro atoms. The lowest BCUT2D eigenvalue weighted by Gasteiger charge is -2.28. The van der Waals surface area contributed by atoms with E-state index in [0.717, 1.165) is 0 Å². The summed E-state index contributed by atoms with van der Waals surface area (Å²) in [5, 5.41) is 5.50. The van der Waals surface area contributed by atoms with E-state index in [2.05, 4.69) is 10.6 Å². The van der Waals surface area contributed by atoms with Crippen LogP contribution in [0.1, 0.15) is 20.3 Å². The van der Waals surface area contributed by atoms with E-state index >= 15 is 0 Å². The molecule has 8 nitrogen and oxygen atoms in total. The van der Waals surface area contributed by atoms with Crippen molar-refractivity contribution >= 4 is 29.6 Å². The van der Waals surface area contributed by atoms with Crippen LogP contribution < -0.4 is 15.4 Å². The number of hydrogen-bond acceptors (Lipinski definition) is 6. The summed E-state index contributed by atoms with van der Waals surface area (Å²) in [7, 11) is 0. The number of benzene rings is 1. The maximum absolute atomic E-state index is 12.2. The second-order valence-electron chi connectivity index (χ2n) is 5.55. The van der Waals surface area contributed by atoms with Gasteiger partial charge >= 0.3 is 18.0 Å². The van der Waals surface area contributed by atoms with E-state index in [1.165, 1.54) is 0 Å². The van der Waals surface area contributed by atoms with Gasteiger partial charge in [-0.05, 0) is 25.5 Å². The fourth-order valence-electron chi connectivity index (χ4n) is 2.47. The SMILES string of the molecule is CCOC(=O)C1=C(COC(=O)COc2ccccc2Cl)NC(=O)N[C@@H]1CC. The van der Waals surface area contributed by atoms with Gasteiger partial charge in [-0.1, -0.05) is 30.7 Å². The van der Waals surface area contributed by atoms with Gasteiger partial charge in [-0.3, -0.25) is 0 Å². The Morgan fingerprint density at radius 3 is 2.59 bits per heavy atom. The van der Waals surface area contributed by atoms with Gasteiger partial charge in [0.05, 0.1) is 28.9 Å². The topological polar surface area (TPSA) is 103 Å². The molecular weight excluding hydrogens is 376 g/mol. The molecule has 0 radical (unpaired) electrons. The number of halogens is 1. The molecule has 1 atom stereocenters. The monoisotopic (exact) mass is 396 g/mol. The van der Waals surface area contributed by atoms with Gasteiger partial charge in [-0.15, -0.1) is 0 Å². The van der Waals surface area contributed by atoms with Crippen molar-refractivity contribution in [1.82, 2.24) is 10.6 Å². The summed E-state index contributed by atoms with van der Waals surface area (Å²) in [6, 6.07) is 5.71. The highest BCUT2D eigenvalue weighted by atomic mass is 35.5. The van der Waals surface area contributed by atoms with Crippen LogP contribution in [0.25, 0.3) is 0 Å². The Bertz CT molecular complexity index is 749. The van der Waals surface area contributed by atoms with Crippen LogP contribution in [0.3, 0.4) is 0 Å². The lowest BCUT2D eigenvalue weighted by atomic mass is 10.0. The minimum atomic E-state index is -0.675. The zero-order chi connectivity index (χ0) is 19.8. The first-order valence-electron chi connectivity index (χ1n) is 8.46. The van der Waals surface area contributed by atoms with E-state index in [4.69, 9.17) is 25.8 Å². The maximum Gasteiger partial charge on any atom is 0.344 e. The number of carbonyl (C=O) groups excluding carboxylic acids is 3. The fourth-order valence-corrected chi connectivity index (χ4v) is 2.66. The van der Waals surface area contributed by atoms with Crippen molar-refractivity contribution in [3.05, 3.63) is 40.6 Å². The van der Waals surface area contributed by atoms with Crippen molar-refractivity contribution in [3.63, 3.8) is 0 Å². The molecule has 1 aliphatic heterocycles. The van der Waals surface area contributed by atoms with Gasteiger partial charge in [-0.2, -0.15) is 0 Å². The zero-order valence-electron chi connectivity index (χ0n) is 15.0. The Hall–Kier alpha value is -2.74. The number of amides is 2. The molecule has 1 heterocycles. The Morgan fingerprint density at radius 1 is 1.19 bits per heavy atom. The third-order valence-corrected chi connectivity index (χ3v) is 4.02. The van der Waals surface area contributed by atoms with Crippen LogP contribution in [0.5, 0.6) is 5.75 Å². The average Bonchev–Trinajstić information content (AvgIpc) is 2.65. The summed E-state index contributed by atoms with van der Waals surface area (Å²) in [4.78, 5) is 35.9. The highest BCUT2D eigenvalue weighted by Crippen LogP contribution is 2.23. The van der Waals surface area contributed by atoms with Gasteiger partial charge in [-0.25, -0.2) is 14.4 Å². The molecule has 2 N–H and O–H groups in total. The number of rotatable bonds is 8. The molecule has 2 rings (SSSR count). The fraction of sp³-hybridized carbons (Fsp3) is 0.389. The van der Waals surface area contributed by atoms with E-state index in [-0.39, 0.29) is 31.1 Å². The average molecular weight is 397 g/mol. The van der Waals surface area contributed by atoms with Crippen molar-refractivity contribution in [3.8, 4) is 5.75 Å². The second-order valence-corrected chi connectivity index (χ2v) is 5.96. The van der Waals surface area contributed by atoms with Crippen LogP contribution in [0.15, 0.2) is 35.5 Å². The van der Waals surface area contributed by atoms with Crippen molar-refractivity contribution in [1.29, 1.82) is 0 Å². The van der Waals surface area contributed by atoms with Crippen LogP contribution in [0.4, 0.5) is 4.79 Å². The number of nitrogens with one attached hydrogen (secondary N) is 2. The highest BCUT2D eigenvalue weighted by Gasteiger charge is 2.32. The summed E-state index contributed by atoms with van der Waals surface area (Å²) in [5.74, 6) is -0.898. The minimum Gasteiger partial charge on any atom is -0.480 e. The number of urea groups is 1. The van der Waals surface area contributed by atoms with Crippen molar-refractivity contribution in [2.75, 3.05) is 19.8 Å². The summed E-state index contributed by atoms with van der Waals surface area (Å²) < 4.78 is 15.5. The standard InChI is InChI=1S/C18H21ClN2O6/c1-3-12-16(17(23)25-4-2)13(21-18(24)20-12)9-27-15(22)10-26-14-8-6-5-7-11(14)19/h5-8,12H,3-4,9-10H2,1-2H3,(H2,20,21,24)/t12-/m1/s1. The van der Waals surface area contributed by atoms with E-state index in [1.807, 2.05) is 6.92 Å². The van der Waals surface area contributed by atoms with E-state index < -0.39 is 24.0 Å². The van der Waals surface area contributed by atoms with Gasteiger partial charge in [0.2, 0.25) is 0 Å². The smallest absolute Gasteiger partial charge is 0.344 e. The predicted octanol–water partition coefficient (Wildman–Crippen LogP) is 2.17. The second kappa shape index (κ2) is 9.82. The number of para-hydroxylation sites is 1. The summed E-state index contributed by atoms with van der Waals surface area (Å²) >= 11 is 5.95. The normalized spacial score (nSPS) is 16.3. The quantitative estimate of drug-likeness (QED) is 0.653. The number of esters is 2. The molecule has 27 heavy (non-hydrogen) atoms. The third-order valence-electron chi connectivity index (χ3n) is 3.71. The Labute approximate surface area is 161 Å². The Morgan fingerprint density at radius 2 is 1.93 bits per heavy atom. The lowest BCUT2D eigenvalue weighted by Crippen LogP contribution is -2.51. The Balaban J connectivity index is 2.03. The van der Waals surface area contributed by atoms with Crippen LogP contribution in [-0.2, 0) is 19.1 Å². The summed E-state index contributed by atoms with van der Waals surface area (Å²) in [6.07, 6.45) is 0.481. The largest absolute Gasteiger partial charge is 0.480 e. The highest BCUT2D eigenvalue weighted by molar-refractivity contribution is 6.32. The van der Waals surface area contributed by atoms with Gasteiger partial charge in [0.15, 0.2) is 6.61 Å². The molecule has 0 saturated carbocycles. The molecule has 0 aromatic heterocycles. The van der Waals surface area contributed by atoms with Gasteiger partial charge in [0.25, 0.3) is 0 Å². The number of ether oxygens (including phenoxy) is 3. The van der Waals surface area contributed by atoms with Crippen LogP contribution in [0.2, 0.25) is 5.02 Å². The van der Waals surface area contributed by atoms with E-state index in [9.17, 15) is 14.4 Å². The Kier molecular flexibility index (Phi) is 7.48. The molecular formula is C18H21ClN2O6. The molecule has 1 aliphatic rings. The molecule has 0 saturated heterocycles. The molecule has 9 heteroatoms. The van der Waals surface area contributed by atoms with Crippen molar-refractivity contribution in [2.45, 2.75) is 26.3 Å². The van der Waals surface area contributed by atoms with E-state index in [0.29, 0.717) is 17.2 Å². The molecule has 1 aromatic rings. The van der Waals surface area contributed by atoms with Gasteiger partial charge in [0.1, 0.15) is 12.4 Å². The lowest BCUT2D eigenvalue weighted by molar-refractivity contribution is -0.145. The van der Waals surface area contributed by atoms with Crippen LogP contribution >= 0.6 is 11.6 Å². The third kappa shape index (κ3) is 5.62. The molecule has 0 unspecified atom stereocenters. The van der Waals surface area contributed by atoms with Crippen molar-refractivity contribution < 1.29 is 28.6 Å². The maximum atomic E-state index is 12.2.